The number of amides is 2. The molecule has 0 spiro atoms. The van der Waals surface area contributed by atoms with Crippen molar-refractivity contribution in [2.75, 3.05) is 50.5 Å². The number of carbonyl (C=O) groups excluding carboxylic acids is 1. The SMILES string of the molecule is CCS(=O)(=O)N1CCN(C(=O)Nc2cc(Cl)c(C3(c4noc(C5COC5)n4)CC3)c(Cl)c2)CC1. The summed E-state index contributed by atoms with van der Waals surface area (Å²) in [5.41, 5.74) is 0.692. The normalized spacial score (nSPS) is 20.7. The molecule has 34 heavy (non-hydrogen) atoms. The largest absolute Gasteiger partial charge is 0.380 e. The Kier molecular flexibility index (Phi) is 6.26. The van der Waals surface area contributed by atoms with Gasteiger partial charge in [-0.1, -0.05) is 28.4 Å². The Morgan fingerprint density at radius 2 is 1.82 bits per heavy atom. The Hall–Kier alpha value is -1.92. The van der Waals surface area contributed by atoms with Crippen LogP contribution in [-0.4, -0.2) is 78.9 Å². The van der Waals surface area contributed by atoms with Gasteiger partial charge in [0.15, 0.2) is 5.82 Å². The number of urea groups is 1. The lowest BCUT2D eigenvalue weighted by Crippen LogP contribution is -2.51. The van der Waals surface area contributed by atoms with E-state index < -0.39 is 15.4 Å². The lowest BCUT2D eigenvalue weighted by molar-refractivity contribution is -0.00445. The molecule has 10 nitrogen and oxygen atoms in total. The second-order valence-corrected chi connectivity index (χ2v) is 11.9. The van der Waals surface area contributed by atoms with Gasteiger partial charge in [0.2, 0.25) is 15.9 Å². The molecule has 1 N–H and O–H groups in total. The number of halogens is 2. The Morgan fingerprint density at radius 1 is 1.18 bits per heavy atom. The molecule has 2 amide bonds. The van der Waals surface area contributed by atoms with E-state index in [1.54, 1.807) is 24.0 Å². The Labute approximate surface area is 207 Å². The summed E-state index contributed by atoms with van der Waals surface area (Å²) in [4.78, 5) is 18.9. The van der Waals surface area contributed by atoms with Crippen LogP contribution in [0, 0.1) is 0 Å². The molecule has 1 aromatic carbocycles. The predicted octanol–water partition coefficient (Wildman–Crippen LogP) is 3.07. The molecular weight excluding hydrogens is 505 g/mol. The Bertz CT molecular complexity index is 1180. The molecule has 2 aromatic rings. The molecule has 1 saturated carbocycles. The van der Waals surface area contributed by atoms with Crippen molar-refractivity contribution in [3.8, 4) is 0 Å². The third kappa shape index (κ3) is 4.28. The zero-order chi connectivity index (χ0) is 24.1. The van der Waals surface area contributed by atoms with Gasteiger partial charge >= 0.3 is 6.03 Å². The number of hydrogen-bond donors (Lipinski definition) is 1. The number of carbonyl (C=O) groups is 1. The molecule has 0 bridgehead atoms. The van der Waals surface area contributed by atoms with Gasteiger partial charge in [-0.15, -0.1) is 0 Å². The smallest absolute Gasteiger partial charge is 0.321 e. The summed E-state index contributed by atoms with van der Waals surface area (Å²) in [6, 6.07) is 3.00. The van der Waals surface area contributed by atoms with E-state index in [1.807, 2.05) is 0 Å². The summed E-state index contributed by atoms with van der Waals surface area (Å²) in [6.45, 7) is 3.92. The van der Waals surface area contributed by atoms with Crippen molar-refractivity contribution in [3.05, 3.63) is 39.5 Å². The highest BCUT2D eigenvalue weighted by atomic mass is 35.5. The van der Waals surface area contributed by atoms with E-state index in [4.69, 9.17) is 32.5 Å². The van der Waals surface area contributed by atoms with Crippen LogP contribution >= 0.6 is 23.2 Å². The molecule has 0 atom stereocenters. The molecule has 1 aliphatic carbocycles. The van der Waals surface area contributed by atoms with Crippen molar-refractivity contribution in [1.29, 1.82) is 0 Å². The van der Waals surface area contributed by atoms with Crippen molar-refractivity contribution in [2.45, 2.75) is 31.1 Å². The maximum absolute atomic E-state index is 12.8. The first-order valence-electron chi connectivity index (χ1n) is 11.2. The molecule has 1 aromatic heterocycles. The number of nitrogens with one attached hydrogen (secondary N) is 1. The van der Waals surface area contributed by atoms with Crippen molar-refractivity contribution >= 4 is 44.9 Å². The van der Waals surface area contributed by atoms with Crippen molar-refractivity contribution in [3.63, 3.8) is 0 Å². The van der Waals surface area contributed by atoms with Crippen molar-refractivity contribution < 1.29 is 22.5 Å². The van der Waals surface area contributed by atoms with Crippen LogP contribution in [0.2, 0.25) is 10.0 Å². The standard InChI is InChI=1S/C21H25Cl2N5O5S/c1-2-34(30,31)28-7-5-27(6-8-28)20(29)24-14-9-15(22)17(16(23)10-14)21(3-4-21)19-25-18(33-26-19)13-11-32-12-13/h9-10,13H,2-8,11-12H2,1H3,(H,24,29). The fourth-order valence-electron chi connectivity index (χ4n) is 4.34. The molecule has 13 heteroatoms. The lowest BCUT2D eigenvalue weighted by Gasteiger charge is -2.33. The summed E-state index contributed by atoms with van der Waals surface area (Å²) in [5.74, 6) is 1.31. The molecule has 0 unspecified atom stereocenters. The average molecular weight is 530 g/mol. The first-order valence-corrected chi connectivity index (χ1v) is 13.5. The maximum atomic E-state index is 12.8. The monoisotopic (exact) mass is 529 g/mol. The van der Waals surface area contributed by atoms with Crippen LogP contribution < -0.4 is 5.32 Å². The number of benzene rings is 1. The van der Waals surface area contributed by atoms with Gasteiger partial charge in [-0.3, -0.25) is 0 Å². The van der Waals surface area contributed by atoms with Crippen LogP contribution in [0.3, 0.4) is 0 Å². The van der Waals surface area contributed by atoms with Crippen LogP contribution in [0.25, 0.3) is 0 Å². The number of sulfonamides is 1. The molecule has 3 aliphatic rings. The predicted molar refractivity (Wildman–Crippen MR) is 126 cm³/mol. The molecule has 0 radical (unpaired) electrons. The third-order valence-corrected chi connectivity index (χ3v) is 9.14. The fraction of sp³-hybridized carbons (Fsp3) is 0.571. The number of piperazine rings is 1. The Balaban J connectivity index is 1.28. The lowest BCUT2D eigenvalue weighted by atomic mass is 9.94. The summed E-state index contributed by atoms with van der Waals surface area (Å²) >= 11 is 13.3. The molecule has 2 aliphatic heterocycles. The number of hydrogen-bond acceptors (Lipinski definition) is 7. The van der Waals surface area contributed by atoms with Gasteiger partial charge in [0.05, 0.1) is 30.3 Å². The van der Waals surface area contributed by atoms with E-state index in [2.05, 4.69) is 15.5 Å². The number of ether oxygens (including phenoxy) is 1. The quantitative estimate of drug-likeness (QED) is 0.610. The molecule has 2 saturated heterocycles. The highest BCUT2D eigenvalue weighted by molar-refractivity contribution is 7.89. The zero-order valence-corrected chi connectivity index (χ0v) is 20.9. The molecule has 184 valence electrons. The number of aromatic nitrogens is 2. The Morgan fingerprint density at radius 3 is 2.35 bits per heavy atom. The first-order chi connectivity index (χ1) is 16.2. The summed E-state index contributed by atoms with van der Waals surface area (Å²) in [7, 11) is -3.26. The van der Waals surface area contributed by atoms with Crippen LogP contribution in [-0.2, 0) is 20.2 Å². The van der Waals surface area contributed by atoms with Gasteiger partial charge in [-0.05, 0) is 31.9 Å². The van der Waals surface area contributed by atoms with Crippen molar-refractivity contribution in [1.82, 2.24) is 19.3 Å². The van der Waals surface area contributed by atoms with Crippen molar-refractivity contribution in [2.24, 2.45) is 0 Å². The molecule has 3 heterocycles. The highest BCUT2D eigenvalue weighted by Crippen LogP contribution is 2.57. The topological polar surface area (TPSA) is 118 Å². The van der Waals surface area contributed by atoms with E-state index in [0.717, 1.165) is 18.4 Å². The van der Waals surface area contributed by atoms with Crippen LogP contribution in [0.5, 0.6) is 0 Å². The van der Waals surface area contributed by atoms with E-state index in [0.29, 0.717) is 53.8 Å². The number of rotatable bonds is 6. The second kappa shape index (κ2) is 8.94. The average Bonchev–Trinajstić information content (AvgIpc) is 3.41. The van der Waals surface area contributed by atoms with E-state index in [9.17, 15) is 13.2 Å². The summed E-state index contributed by atoms with van der Waals surface area (Å²) in [6.07, 6.45) is 1.59. The molecule has 5 rings (SSSR count). The number of anilines is 1. The molecule has 3 fully saturated rings. The summed E-state index contributed by atoms with van der Waals surface area (Å²) in [5, 5.41) is 7.84. The first kappa shape index (κ1) is 23.8. The van der Waals surface area contributed by atoms with Gasteiger partial charge in [0.25, 0.3) is 0 Å². The van der Waals surface area contributed by atoms with Crippen LogP contribution in [0.1, 0.15) is 43.0 Å². The third-order valence-electron chi connectivity index (χ3n) is 6.66. The van der Waals surface area contributed by atoms with E-state index >= 15 is 0 Å². The minimum Gasteiger partial charge on any atom is -0.380 e. The van der Waals surface area contributed by atoms with Gasteiger partial charge in [-0.25, -0.2) is 13.2 Å². The van der Waals surface area contributed by atoms with E-state index in [-0.39, 0.29) is 30.8 Å². The van der Waals surface area contributed by atoms with Crippen LogP contribution in [0.4, 0.5) is 10.5 Å². The van der Waals surface area contributed by atoms with Gasteiger partial charge in [0, 0.05) is 47.5 Å². The fourth-order valence-corrected chi connectivity index (χ4v) is 6.27. The van der Waals surface area contributed by atoms with Crippen LogP contribution in [0.15, 0.2) is 16.7 Å². The number of nitrogens with zero attached hydrogens (tertiary/aromatic N) is 4. The minimum absolute atomic E-state index is 0.0458. The maximum Gasteiger partial charge on any atom is 0.321 e. The minimum atomic E-state index is -3.26. The summed E-state index contributed by atoms with van der Waals surface area (Å²) < 4.78 is 36.1. The zero-order valence-electron chi connectivity index (χ0n) is 18.6. The molecular formula is C21H25Cl2N5O5S. The highest BCUT2D eigenvalue weighted by Gasteiger charge is 2.52. The second-order valence-electron chi connectivity index (χ2n) is 8.80. The van der Waals surface area contributed by atoms with E-state index in [1.165, 1.54) is 4.31 Å². The van der Waals surface area contributed by atoms with Gasteiger partial charge in [0.1, 0.15) is 0 Å². The van der Waals surface area contributed by atoms with Gasteiger partial charge < -0.3 is 19.5 Å². The van der Waals surface area contributed by atoms with Gasteiger partial charge in [-0.2, -0.15) is 9.29 Å².